The Morgan fingerprint density at radius 1 is 1.44 bits per heavy atom. The predicted molar refractivity (Wildman–Crippen MR) is 70.6 cm³/mol. The lowest BCUT2D eigenvalue weighted by molar-refractivity contribution is 0.184. The van der Waals surface area contributed by atoms with E-state index in [1.165, 1.54) is 0 Å². The molecule has 0 saturated carbocycles. The smallest absolute Gasteiger partial charge is 0.335 e. The second kappa shape index (κ2) is 5.27. The van der Waals surface area contributed by atoms with Crippen molar-refractivity contribution in [1.29, 1.82) is 0 Å². The molecule has 1 heterocycles. The van der Waals surface area contributed by atoms with Gasteiger partial charge in [-0.3, -0.25) is 4.57 Å². The summed E-state index contributed by atoms with van der Waals surface area (Å²) in [5.74, 6) is 0.500. The van der Waals surface area contributed by atoms with Crippen molar-refractivity contribution in [3.05, 3.63) is 36.3 Å². The number of hydrogen-bond acceptors (Lipinski definition) is 3. The highest BCUT2D eigenvalue weighted by Crippen LogP contribution is 2.48. The molecule has 2 aromatic rings. The molecule has 0 fully saturated rings. The molecule has 0 spiro atoms. The summed E-state index contributed by atoms with van der Waals surface area (Å²) < 4.78 is 22.5. The van der Waals surface area contributed by atoms with Gasteiger partial charge in [-0.15, -0.1) is 0 Å². The van der Waals surface area contributed by atoms with Crippen LogP contribution in [0.25, 0.3) is 10.8 Å². The van der Waals surface area contributed by atoms with Gasteiger partial charge in [0.05, 0.1) is 12.4 Å². The number of hydrogen-bond donors (Lipinski definition) is 1. The third kappa shape index (κ3) is 3.02. The Labute approximate surface area is 106 Å². The second-order valence-electron chi connectivity index (χ2n) is 4.37. The summed E-state index contributed by atoms with van der Waals surface area (Å²) in [4.78, 5) is 9.82. The molecule has 2 unspecified atom stereocenters. The van der Waals surface area contributed by atoms with E-state index in [4.69, 9.17) is 8.94 Å². The summed E-state index contributed by atoms with van der Waals surface area (Å²) >= 11 is 0. The Hall–Kier alpha value is -1.09. The number of benzene rings is 1. The largest absolute Gasteiger partial charge is 0.467 e. The van der Waals surface area contributed by atoms with Crippen LogP contribution in [0.5, 0.6) is 0 Å². The molecule has 0 aliphatic heterocycles. The van der Waals surface area contributed by atoms with E-state index in [0.717, 1.165) is 10.8 Å². The van der Waals surface area contributed by atoms with Crippen LogP contribution in [0.2, 0.25) is 0 Å². The summed E-state index contributed by atoms with van der Waals surface area (Å²) in [6.45, 7) is 3.69. The zero-order valence-corrected chi connectivity index (χ0v) is 11.4. The molecular formula is C13H17O4P. The van der Waals surface area contributed by atoms with E-state index in [0.29, 0.717) is 12.2 Å². The van der Waals surface area contributed by atoms with Crippen molar-refractivity contribution >= 4 is 18.4 Å². The normalized spacial score (nSPS) is 16.6. The number of fused-ring (bicyclic) bond motifs is 1. The Morgan fingerprint density at radius 3 is 2.89 bits per heavy atom. The van der Waals surface area contributed by atoms with Crippen molar-refractivity contribution in [2.45, 2.75) is 32.5 Å². The highest BCUT2D eigenvalue weighted by Gasteiger charge is 2.25. The van der Waals surface area contributed by atoms with Gasteiger partial charge >= 0.3 is 7.60 Å². The number of furan rings is 1. The lowest BCUT2D eigenvalue weighted by Crippen LogP contribution is -2.05. The third-order valence-electron chi connectivity index (χ3n) is 2.85. The van der Waals surface area contributed by atoms with Gasteiger partial charge in [0.2, 0.25) is 0 Å². The summed E-state index contributed by atoms with van der Waals surface area (Å²) in [6, 6.07) is 7.55. The molecule has 4 nitrogen and oxygen atoms in total. The van der Waals surface area contributed by atoms with Gasteiger partial charge in [0, 0.05) is 10.8 Å². The lowest BCUT2D eigenvalue weighted by atomic mass is 10.2. The first-order valence-electron chi connectivity index (χ1n) is 5.97. The van der Waals surface area contributed by atoms with Crippen LogP contribution in [0, 0.1) is 0 Å². The Balaban J connectivity index is 2.20. The van der Waals surface area contributed by atoms with E-state index in [1.54, 1.807) is 13.2 Å². The van der Waals surface area contributed by atoms with Gasteiger partial charge in [0.15, 0.2) is 0 Å². The average molecular weight is 268 g/mol. The monoisotopic (exact) mass is 268 g/mol. The molecule has 1 aromatic carbocycles. The molecule has 0 amide bonds. The molecule has 0 aliphatic carbocycles. The molecule has 98 valence electrons. The van der Waals surface area contributed by atoms with Crippen molar-refractivity contribution in [3.63, 3.8) is 0 Å². The maximum absolute atomic E-state index is 12.0. The van der Waals surface area contributed by atoms with Crippen molar-refractivity contribution < 1.29 is 18.4 Å². The third-order valence-corrected chi connectivity index (χ3v) is 4.23. The summed E-state index contributed by atoms with van der Waals surface area (Å²) in [5, 5.41) is 1.79. The van der Waals surface area contributed by atoms with Crippen molar-refractivity contribution in [3.8, 4) is 0 Å². The van der Waals surface area contributed by atoms with E-state index in [2.05, 4.69) is 0 Å². The summed E-state index contributed by atoms with van der Waals surface area (Å²) in [5.41, 5.74) is 0. The van der Waals surface area contributed by atoms with Crippen molar-refractivity contribution in [2.24, 2.45) is 0 Å². The van der Waals surface area contributed by atoms with Gasteiger partial charge in [0.1, 0.15) is 11.9 Å². The fourth-order valence-corrected chi connectivity index (χ4v) is 3.14. The highest BCUT2D eigenvalue weighted by molar-refractivity contribution is 7.52. The van der Waals surface area contributed by atoms with Crippen LogP contribution in [-0.2, 0) is 15.3 Å². The van der Waals surface area contributed by atoms with E-state index in [1.807, 2.05) is 31.2 Å². The Kier molecular flexibility index (Phi) is 3.91. The van der Waals surface area contributed by atoms with Gasteiger partial charge in [-0.2, -0.15) is 0 Å². The Bertz CT molecular complexity index is 575. The van der Waals surface area contributed by atoms with Crippen LogP contribution in [0.1, 0.15) is 26.0 Å². The van der Waals surface area contributed by atoms with Gasteiger partial charge in [-0.1, -0.05) is 31.2 Å². The van der Waals surface area contributed by atoms with E-state index in [-0.39, 0.29) is 12.3 Å². The fraction of sp³-hybridized carbons (Fsp3) is 0.385. The van der Waals surface area contributed by atoms with Crippen LogP contribution in [-0.4, -0.2) is 11.0 Å². The van der Waals surface area contributed by atoms with E-state index < -0.39 is 7.60 Å². The van der Waals surface area contributed by atoms with Gasteiger partial charge in [0.25, 0.3) is 0 Å². The number of rotatable bonds is 5. The van der Waals surface area contributed by atoms with Crippen molar-refractivity contribution in [1.82, 2.24) is 0 Å². The molecule has 2 atom stereocenters. The minimum atomic E-state index is -3.65. The minimum absolute atomic E-state index is 0.0924. The topological polar surface area (TPSA) is 59.7 Å². The molecule has 0 aliphatic rings. The standard InChI is InChI=1S/C13H17O4P/c1-3-10(2)17-18(14,15)9-13-12-7-5-4-6-11(12)8-16-13/h4-8,10H,3,9H2,1-2H3,(H,14,15). The SMILES string of the molecule is CCC(C)OP(=O)(O)Cc1occ2ccccc12. The maximum atomic E-state index is 12.0. The minimum Gasteiger partial charge on any atom is -0.467 e. The zero-order valence-electron chi connectivity index (χ0n) is 10.5. The summed E-state index contributed by atoms with van der Waals surface area (Å²) in [6.07, 6.45) is 1.96. The van der Waals surface area contributed by atoms with Crippen LogP contribution in [0.3, 0.4) is 0 Å². The molecule has 0 bridgehead atoms. The first-order chi connectivity index (χ1) is 8.52. The van der Waals surface area contributed by atoms with Gasteiger partial charge in [-0.05, 0) is 13.3 Å². The lowest BCUT2D eigenvalue weighted by Gasteiger charge is -2.15. The van der Waals surface area contributed by atoms with Gasteiger partial charge < -0.3 is 13.8 Å². The quantitative estimate of drug-likeness (QED) is 0.834. The predicted octanol–water partition coefficient (Wildman–Crippen LogP) is 3.93. The zero-order chi connectivity index (χ0) is 13.2. The molecule has 1 N–H and O–H groups in total. The molecule has 18 heavy (non-hydrogen) atoms. The van der Waals surface area contributed by atoms with Crippen LogP contribution in [0.4, 0.5) is 0 Å². The molecular weight excluding hydrogens is 251 g/mol. The van der Waals surface area contributed by atoms with Gasteiger partial charge in [-0.25, -0.2) is 0 Å². The van der Waals surface area contributed by atoms with E-state index in [9.17, 15) is 9.46 Å². The fourth-order valence-electron chi connectivity index (χ4n) is 1.75. The molecule has 1 aromatic heterocycles. The average Bonchev–Trinajstić information content (AvgIpc) is 2.71. The Morgan fingerprint density at radius 2 is 2.17 bits per heavy atom. The van der Waals surface area contributed by atoms with Crippen LogP contribution in [0.15, 0.2) is 34.9 Å². The maximum Gasteiger partial charge on any atom is 0.335 e. The molecule has 5 heteroatoms. The first-order valence-corrected chi connectivity index (χ1v) is 7.73. The van der Waals surface area contributed by atoms with Crippen molar-refractivity contribution in [2.75, 3.05) is 0 Å². The van der Waals surface area contributed by atoms with Crippen LogP contribution < -0.4 is 0 Å². The summed E-state index contributed by atoms with van der Waals surface area (Å²) in [7, 11) is -3.65. The van der Waals surface area contributed by atoms with Crippen LogP contribution >= 0.6 is 7.60 Å². The highest BCUT2D eigenvalue weighted by atomic mass is 31.2. The molecule has 0 saturated heterocycles. The van der Waals surface area contributed by atoms with E-state index >= 15 is 0 Å². The molecule has 0 radical (unpaired) electrons. The molecule has 2 rings (SSSR count). The first kappa shape index (κ1) is 13.3. The second-order valence-corrected chi connectivity index (χ2v) is 6.17.